The molecule has 0 saturated carbocycles. The second kappa shape index (κ2) is 8.63. The molecular formula is C23H40O3. The van der Waals surface area contributed by atoms with E-state index in [9.17, 15) is 4.79 Å². The van der Waals surface area contributed by atoms with Gasteiger partial charge in [0.1, 0.15) is 11.4 Å². The summed E-state index contributed by atoms with van der Waals surface area (Å²) in [4.78, 5) is 12.1. The molecule has 1 aliphatic carbocycles. The summed E-state index contributed by atoms with van der Waals surface area (Å²) in [5, 5.41) is 0. The van der Waals surface area contributed by atoms with Crippen LogP contribution in [0.25, 0.3) is 0 Å². The van der Waals surface area contributed by atoms with Crippen LogP contribution in [0.4, 0.5) is 0 Å². The van der Waals surface area contributed by atoms with E-state index in [2.05, 4.69) is 47.6 Å². The SMILES string of the molecule is CCC(C)(C)CC(C1CC=CC=C1OCC(=O)OC(C)(C)C)C(C)(C)C. The van der Waals surface area contributed by atoms with E-state index in [-0.39, 0.29) is 23.4 Å². The fourth-order valence-electron chi connectivity index (χ4n) is 3.45. The van der Waals surface area contributed by atoms with Crippen molar-refractivity contribution in [3.05, 3.63) is 24.0 Å². The number of hydrogen-bond donors (Lipinski definition) is 0. The molecule has 0 aromatic rings. The van der Waals surface area contributed by atoms with Crippen molar-refractivity contribution in [3.8, 4) is 0 Å². The van der Waals surface area contributed by atoms with Gasteiger partial charge in [0.2, 0.25) is 0 Å². The number of carbonyl (C=O) groups is 1. The van der Waals surface area contributed by atoms with Gasteiger partial charge in [0.25, 0.3) is 0 Å². The molecule has 1 rings (SSSR count). The topological polar surface area (TPSA) is 35.5 Å². The van der Waals surface area contributed by atoms with E-state index in [0.29, 0.717) is 11.8 Å². The molecule has 3 heteroatoms. The molecule has 2 unspecified atom stereocenters. The minimum absolute atomic E-state index is 0.0263. The van der Waals surface area contributed by atoms with Crippen molar-refractivity contribution in [1.82, 2.24) is 0 Å². The van der Waals surface area contributed by atoms with Gasteiger partial charge in [-0.3, -0.25) is 0 Å². The Morgan fingerprint density at radius 3 is 2.27 bits per heavy atom. The van der Waals surface area contributed by atoms with Crippen LogP contribution >= 0.6 is 0 Å². The van der Waals surface area contributed by atoms with Crippen molar-refractivity contribution in [2.75, 3.05) is 6.61 Å². The van der Waals surface area contributed by atoms with Crippen LogP contribution < -0.4 is 0 Å². The van der Waals surface area contributed by atoms with Gasteiger partial charge in [-0.2, -0.15) is 0 Å². The average molecular weight is 365 g/mol. The molecule has 0 aromatic carbocycles. The van der Waals surface area contributed by atoms with Gasteiger partial charge < -0.3 is 9.47 Å². The Bertz CT molecular complexity index is 527. The average Bonchev–Trinajstić information content (AvgIpc) is 2.48. The molecule has 0 saturated heterocycles. The Morgan fingerprint density at radius 1 is 1.15 bits per heavy atom. The molecule has 0 amide bonds. The van der Waals surface area contributed by atoms with E-state index in [0.717, 1.165) is 25.0 Å². The van der Waals surface area contributed by atoms with Crippen molar-refractivity contribution < 1.29 is 14.3 Å². The zero-order chi connectivity index (χ0) is 20.2. The van der Waals surface area contributed by atoms with E-state index in [1.54, 1.807) is 0 Å². The normalized spacial score (nSPS) is 19.7. The lowest BCUT2D eigenvalue weighted by Gasteiger charge is -2.42. The largest absolute Gasteiger partial charge is 0.486 e. The molecule has 0 fully saturated rings. The smallest absolute Gasteiger partial charge is 0.344 e. The van der Waals surface area contributed by atoms with Crippen LogP contribution in [0.5, 0.6) is 0 Å². The van der Waals surface area contributed by atoms with Crippen LogP contribution in [0.15, 0.2) is 24.0 Å². The first kappa shape index (κ1) is 22.8. The summed E-state index contributed by atoms with van der Waals surface area (Å²) in [5.41, 5.74) is -0.0359. The first-order valence-corrected chi connectivity index (χ1v) is 9.96. The summed E-state index contributed by atoms with van der Waals surface area (Å²) in [6.45, 7) is 19.5. The van der Waals surface area contributed by atoms with Crippen molar-refractivity contribution in [3.63, 3.8) is 0 Å². The monoisotopic (exact) mass is 364 g/mol. The van der Waals surface area contributed by atoms with E-state index in [4.69, 9.17) is 9.47 Å². The van der Waals surface area contributed by atoms with Gasteiger partial charge in [0.15, 0.2) is 6.61 Å². The van der Waals surface area contributed by atoms with Crippen molar-refractivity contribution in [1.29, 1.82) is 0 Å². The minimum Gasteiger partial charge on any atom is -0.486 e. The summed E-state index contributed by atoms with van der Waals surface area (Å²) in [7, 11) is 0. The Balaban J connectivity index is 2.91. The maximum Gasteiger partial charge on any atom is 0.344 e. The summed E-state index contributed by atoms with van der Waals surface area (Å²) in [6, 6.07) is 0. The Hall–Kier alpha value is -1.25. The Morgan fingerprint density at radius 2 is 1.77 bits per heavy atom. The number of rotatable bonds is 7. The van der Waals surface area contributed by atoms with Crippen molar-refractivity contribution >= 4 is 5.97 Å². The Kier molecular flexibility index (Phi) is 7.56. The summed E-state index contributed by atoms with van der Waals surface area (Å²) < 4.78 is 11.3. The van der Waals surface area contributed by atoms with Crippen LogP contribution in [0.2, 0.25) is 0 Å². The van der Waals surface area contributed by atoms with E-state index >= 15 is 0 Å². The molecule has 0 radical (unpaired) electrons. The number of esters is 1. The predicted octanol–water partition coefficient (Wildman–Crippen LogP) is 6.29. The van der Waals surface area contributed by atoms with E-state index in [1.165, 1.54) is 0 Å². The summed E-state index contributed by atoms with van der Waals surface area (Å²) in [6.07, 6.45) is 9.52. The third kappa shape index (κ3) is 7.55. The zero-order valence-electron chi connectivity index (χ0n) is 18.4. The van der Waals surface area contributed by atoms with Crippen molar-refractivity contribution in [2.45, 2.75) is 87.2 Å². The maximum absolute atomic E-state index is 12.1. The minimum atomic E-state index is -0.486. The number of carbonyl (C=O) groups excluding carboxylic acids is 1. The highest BCUT2D eigenvalue weighted by Crippen LogP contribution is 2.46. The van der Waals surface area contributed by atoms with Crippen LogP contribution in [0.3, 0.4) is 0 Å². The van der Waals surface area contributed by atoms with Crippen LogP contribution in [0.1, 0.15) is 81.6 Å². The molecule has 0 N–H and O–H groups in total. The van der Waals surface area contributed by atoms with Gasteiger partial charge >= 0.3 is 5.97 Å². The van der Waals surface area contributed by atoms with Gasteiger partial charge in [-0.1, -0.05) is 60.1 Å². The number of allylic oxidation sites excluding steroid dienone is 4. The van der Waals surface area contributed by atoms with Crippen molar-refractivity contribution in [2.24, 2.45) is 22.7 Å². The second-order valence-corrected chi connectivity index (χ2v) is 10.4. The summed E-state index contributed by atoms with van der Waals surface area (Å²) in [5.74, 6) is 1.39. The molecule has 0 aromatic heterocycles. The maximum atomic E-state index is 12.1. The van der Waals surface area contributed by atoms with Gasteiger partial charge in [-0.15, -0.1) is 0 Å². The third-order valence-electron chi connectivity index (χ3n) is 5.26. The Labute approximate surface area is 161 Å². The third-order valence-corrected chi connectivity index (χ3v) is 5.26. The highest BCUT2D eigenvalue weighted by atomic mass is 16.6. The highest BCUT2D eigenvalue weighted by Gasteiger charge is 2.38. The number of ether oxygens (including phenoxy) is 2. The van der Waals surface area contributed by atoms with E-state index in [1.807, 2.05) is 32.9 Å². The standard InChI is InChI=1S/C23H40O3/c1-10-23(8,9)15-18(21(2,3)4)17-13-11-12-14-19(17)25-16-20(24)26-22(5,6)7/h11-12,14,17-18H,10,13,15-16H2,1-9H3. The first-order chi connectivity index (χ1) is 11.7. The molecule has 0 spiro atoms. The molecule has 0 bridgehead atoms. The molecule has 0 aliphatic heterocycles. The van der Waals surface area contributed by atoms with Crippen LogP contribution in [0, 0.1) is 22.7 Å². The fourth-order valence-corrected chi connectivity index (χ4v) is 3.45. The highest BCUT2D eigenvalue weighted by molar-refractivity contribution is 5.71. The molecule has 0 heterocycles. The first-order valence-electron chi connectivity index (χ1n) is 9.96. The zero-order valence-corrected chi connectivity index (χ0v) is 18.4. The molecule has 3 nitrogen and oxygen atoms in total. The van der Waals surface area contributed by atoms with Crippen LogP contribution in [-0.4, -0.2) is 18.2 Å². The number of hydrogen-bond acceptors (Lipinski definition) is 3. The quantitative estimate of drug-likeness (QED) is 0.498. The molecule has 1 aliphatic rings. The van der Waals surface area contributed by atoms with Gasteiger partial charge in [-0.05, 0) is 56.4 Å². The molecular weight excluding hydrogens is 324 g/mol. The lowest BCUT2D eigenvalue weighted by atomic mass is 9.64. The van der Waals surface area contributed by atoms with Gasteiger partial charge in [-0.25, -0.2) is 4.79 Å². The van der Waals surface area contributed by atoms with Gasteiger partial charge in [0, 0.05) is 5.92 Å². The molecule has 26 heavy (non-hydrogen) atoms. The van der Waals surface area contributed by atoms with Crippen LogP contribution in [-0.2, 0) is 14.3 Å². The predicted molar refractivity (Wildman–Crippen MR) is 109 cm³/mol. The summed E-state index contributed by atoms with van der Waals surface area (Å²) >= 11 is 0. The molecule has 2 atom stereocenters. The molecule has 150 valence electrons. The second-order valence-electron chi connectivity index (χ2n) is 10.4. The van der Waals surface area contributed by atoms with Gasteiger partial charge in [0.05, 0.1) is 0 Å². The lowest BCUT2D eigenvalue weighted by Crippen LogP contribution is -2.35. The lowest BCUT2D eigenvalue weighted by molar-refractivity contribution is -0.159. The fraction of sp³-hybridized carbons (Fsp3) is 0.783. The van der Waals surface area contributed by atoms with E-state index < -0.39 is 5.60 Å².